The van der Waals surface area contributed by atoms with Crippen LogP contribution in [0.4, 0.5) is 11.4 Å². The predicted molar refractivity (Wildman–Crippen MR) is 108 cm³/mol. The second-order valence-electron chi connectivity index (χ2n) is 5.89. The van der Waals surface area contributed by atoms with Crippen molar-refractivity contribution in [3.63, 3.8) is 0 Å². The molecule has 3 aromatic rings. The van der Waals surface area contributed by atoms with Crippen molar-refractivity contribution in [3.05, 3.63) is 53.1 Å². The monoisotopic (exact) mass is 414 g/mol. The van der Waals surface area contributed by atoms with Gasteiger partial charge in [-0.1, -0.05) is 17.7 Å². The number of anilines is 2. The van der Waals surface area contributed by atoms with Crippen molar-refractivity contribution >= 4 is 28.9 Å². The number of rotatable bonds is 7. The van der Waals surface area contributed by atoms with Gasteiger partial charge in [0.2, 0.25) is 0 Å². The topological polar surface area (TPSA) is 111 Å². The summed E-state index contributed by atoms with van der Waals surface area (Å²) in [6.45, 7) is 3.96. The van der Waals surface area contributed by atoms with Crippen molar-refractivity contribution < 1.29 is 14.4 Å². The Kier molecular flexibility index (Phi) is 6.53. The lowest BCUT2D eigenvalue weighted by Crippen LogP contribution is -2.25. The Morgan fingerprint density at radius 2 is 1.93 bits per heavy atom. The number of nitrogens with one attached hydrogen (secondary N) is 2. The summed E-state index contributed by atoms with van der Waals surface area (Å²) in [5, 5.41) is 10.9. The van der Waals surface area contributed by atoms with E-state index in [0.29, 0.717) is 35.1 Å². The zero-order valence-corrected chi connectivity index (χ0v) is 16.8. The number of hydroxylamine groups is 1. The number of para-hydroxylation sites is 1. The molecule has 2 N–H and O–H groups in total. The maximum Gasteiger partial charge on any atom is 0.297 e. The van der Waals surface area contributed by atoms with Crippen LogP contribution in [0.2, 0.25) is 5.15 Å². The molecule has 2 heterocycles. The lowest BCUT2D eigenvalue weighted by atomic mass is 10.1. The van der Waals surface area contributed by atoms with E-state index in [9.17, 15) is 4.79 Å². The number of halogens is 1. The van der Waals surface area contributed by atoms with Crippen molar-refractivity contribution in [2.75, 3.05) is 19.0 Å². The quantitative estimate of drug-likeness (QED) is 0.566. The fourth-order valence-electron chi connectivity index (χ4n) is 2.53. The number of carbonyl (C=O) groups is 1. The van der Waals surface area contributed by atoms with Gasteiger partial charge in [-0.25, -0.2) is 15.4 Å². The van der Waals surface area contributed by atoms with Gasteiger partial charge in [0.25, 0.3) is 5.91 Å². The second kappa shape index (κ2) is 9.26. The van der Waals surface area contributed by atoms with Crippen molar-refractivity contribution in [3.8, 4) is 17.1 Å². The average molecular weight is 415 g/mol. The highest BCUT2D eigenvalue weighted by atomic mass is 35.5. The first-order valence-electron chi connectivity index (χ1n) is 8.71. The molecule has 0 aliphatic carbocycles. The van der Waals surface area contributed by atoms with E-state index < -0.39 is 5.91 Å². The number of methoxy groups -OCH3 is 1. The fraction of sp³-hybridized carbons (Fsp3) is 0.211. The van der Waals surface area contributed by atoms with Crippen molar-refractivity contribution in [2.24, 2.45) is 0 Å². The standard InChI is InChI=1S/C19H19ClN6O3/c1-4-29-26-19(27)16-14(8-15(20)24-25-16)23-13-7-5-6-12(17(13)28-3)18-21-9-11(2)10-22-18/h5-10H,4H2,1-3H3,(H,23,24)(H,26,27). The number of ether oxygens (including phenoxy) is 1. The number of amides is 1. The van der Waals surface area contributed by atoms with E-state index in [1.165, 1.54) is 6.07 Å². The van der Waals surface area contributed by atoms with Crippen LogP contribution in [-0.2, 0) is 4.84 Å². The van der Waals surface area contributed by atoms with Crippen LogP contribution in [0.1, 0.15) is 23.0 Å². The van der Waals surface area contributed by atoms with E-state index in [2.05, 4.69) is 31.0 Å². The molecule has 10 heteroatoms. The first-order valence-corrected chi connectivity index (χ1v) is 9.09. The molecule has 0 atom stereocenters. The van der Waals surface area contributed by atoms with Gasteiger partial charge in [-0.2, -0.15) is 0 Å². The first-order chi connectivity index (χ1) is 14.0. The average Bonchev–Trinajstić information content (AvgIpc) is 2.72. The Labute approximate surface area is 172 Å². The lowest BCUT2D eigenvalue weighted by molar-refractivity contribution is 0.0360. The molecule has 0 unspecified atom stereocenters. The van der Waals surface area contributed by atoms with Crippen LogP contribution >= 0.6 is 11.6 Å². The number of nitrogens with zero attached hydrogens (tertiary/aromatic N) is 4. The number of carbonyl (C=O) groups excluding carboxylic acids is 1. The molecule has 150 valence electrons. The Hall–Kier alpha value is -3.30. The minimum atomic E-state index is -0.560. The molecule has 29 heavy (non-hydrogen) atoms. The van der Waals surface area contributed by atoms with Crippen LogP contribution in [0.25, 0.3) is 11.4 Å². The highest BCUT2D eigenvalue weighted by Gasteiger charge is 2.19. The third-order valence-corrected chi connectivity index (χ3v) is 3.98. The summed E-state index contributed by atoms with van der Waals surface area (Å²) in [7, 11) is 1.54. The Balaban J connectivity index is 2.00. The summed E-state index contributed by atoms with van der Waals surface area (Å²) in [6, 6.07) is 6.94. The Morgan fingerprint density at radius 3 is 2.62 bits per heavy atom. The minimum absolute atomic E-state index is 0.0156. The van der Waals surface area contributed by atoms with Crippen molar-refractivity contribution in [1.29, 1.82) is 0 Å². The maximum absolute atomic E-state index is 12.3. The molecule has 0 aliphatic heterocycles. The molecule has 9 nitrogen and oxygen atoms in total. The highest BCUT2D eigenvalue weighted by Crippen LogP contribution is 2.37. The van der Waals surface area contributed by atoms with Gasteiger partial charge in [0.05, 0.1) is 30.7 Å². The number of hydrogen-bond donors (Lipinski definition) is 2. The van der Waals surface area contributed by atoms with Crippen LogP contribution in [0.3, 0.4) is 0 Å². The third kappa shape index (κ3) is 4.76. The molecule has 2 aromatic heterocycles. The molecule has 3 rings (SSSR count). The van der Waals surface area contributed by atoms with Crippen LogP contribution in [-0.4, -0.2) is 39.8 Å². The third-order valence-electron chi connectivity index (χ3n) is 3.80. The van der Waals surface area contributed by atoms with Crippen LogP contribution in [0, 0.1) is 6.92 Å². The van der Waals surface area contributed by atoms with Crippen molar-refractivity contribution in [2.45, 2.75) is 13.8 Å². The highest BCUT2D eigenvalue weighted by molar-refractivity contribution is 6.29. The second-order valence-corrected chi connectivity index (χ2v) is 6.28. The smallest absolute Gasteiger partial charge is 0.297 e. The largest absolute Gasteiger partial charge is 0.494 e. The van der Waals surface area contributed by atoms with E-state index in [4.69, 9.17) is 21.2 Å². The molecule has 0 spiro atoms. The predicted octanol–water partition coefficient (Wildman–Crippen LogP) is 3.33. The SMILES string of the molecule is CCONC(=O)c1nnc(Cl)cc1Nc1cccc(-c2ncc(C)cn2)c1OC. The lowest BCUT2D eigenvalue weighted by Gasteiger charge is -2.16. The van der Waals surface area contributed by atoms with Gasteiger partial charge in [-0.05, 0) is 31.5 Å². The maximum atomic E-state index is 12.3. The summed E-state index contributed by atoms with van der Waals surface area (Å²) in [6.07, 6.45) is 3.45. The summed E-state index contributed by atoms with van der Waals surface area (Å²) in [5.41, 5.74) is 4.85. The molecule has 1 aromatic carbocycles. The summed E-state index contributed by atoms with van der Waals surface area (Å²) in [4.78, 5) is 26.0. The molecule has 1 amide bonds. The van der Waals surface area contributed by atoms with Gasteiger partial charge in [-0.15, -0.1) is 10.2 Å². The number of benzene rings is 1. The first kappa shape index (κ1) is 20.4. The molecule has 0 fully saturated rings. The molecule has 0 aliphatic rings. The number of hydrogen-bond acceptors (Lipinski definition) is 8. The van der Waals surface area contributed by atoms with E-state index >= 15 is 0 Å². The zero-order chi connectivity index (χ0) is 20.8. The fourth-order valence-corrected chi connectivity index (χ4v) is 2.67. The molecular weight excluding hydrogens is 396 g/mol. The van der Waals surface area contributed by atoms with Crippen LogP contribution < -0.4 is 15.5 Å². The minimum Gasteiger partial charge on any atom is -0.494 e. The van der Waals surface area contributed by atoms with Gasteiger partial charge in [0, 0.05) is 18.5 Å². The summed E-state index contributed by atoms with van der Waals surface area (Å²) in [5.74, 6) is 0.451. The Morgan fingerprint density at radius 1 is 1.17 bits per heavy atom. The van der Waals surface area contributed by atoms with Gasteiger partial charge >= 0.3 is 0 Å². The van der Waals surface area contributed by atoms with Crippen LogP contribution in [0.15, 0.2) is 36.7 Å². The number of aromatic nitrogens is 4. The van der Waals surface area contributed by atoms with Gasteiger partial charge in [0.15, 0.2) is 22.4 Å². The zero-order valence-electron chi connectivity index (χ0n) is 16.1. The van der Waals surface area contributed by atoms with Gasteiger partial charge < -0.3 is 10.1 Å². The molecular formula is C19H19ClN6O3. The number of aryl methyl sites for hydroxylation is 1. The van der Waals surface area contributed by atoms with Gasteiger partial charge in [0.1, 0.15) is 0 Å². The van der Waals surface area contributed by atoms with E-state index in [0.717, 1.165) is 5.56 Å². The van der Waals surface area contributed by atoms with E-state index in [1.807, 2.05) is 19.1 Å². The summed E-state index contributed by atoms with van der Waals surface area (Å²) >= 11 is 5.98. The van der Waals surface area contributed by atoms with E-state index in [1.54, 1.807) is 32.5 Å². The van der Waals surface area contributed by atoms with E-state index in [-0.39, 0.29) is 10.8 Å². The molecule has 0 saturated carbocycles. The normalized spacial score (nSPS) is 10.5. The van der Waals surface area contributed by atoms with Crippen LogP contribution in [0.5, 0.6) is 5.75 Å². The van der Waals surface area contributed by atoms with Crippen molar-refractivity contribution in [1.82, 2.24) is 25.6 Å². The van der Waals surface area contributed by atoms with Gasteiger partial charge in [-0.3, -0.25) is 9.63 Å². The summed E-state index contributed by atoms with van der Waals surface area (Å²) < 4.78 is 5.59. The molecule has 0 bridgehead atoms. The molecule has 0 saturated heterocycles. The molecule has 0 radical (unpaired) electrons. The Bertz CT molecular complexity index is 1010.